The van der Waals surface area contributed by atoms with E-state index >= 15 is 0 Å². The van der Waals surface area contributed by atoms with Gasteiger partial charge in [0.2, 0.25) is 0 Å². The molecule has 1 heterocycles. The third-order valence-electron chi connectivity index (χ3n) is 5.46. The maximum absolute atomic E-state index is 13.2. The Morgan fingerprint density at radius 2 is 1.67 bits per heavy atom. The average molecular weight is 485 g/mol. The number of alkyl halides is 3. The Kier molecular flexibility index (Phi) is 8.34. The number of likely N-dealkylation sites (tertiary alicyclic amines) is 1. The van der Waals surface area contributed by atoms with Crippen molar-refractivity contribution < 1.29 is 32.6 Å². The molecule has 33 heavy (non-hydrogen) atoms. The van der Waals surface area contributed by atoms with Crippen LogP contribution in [0.4, 0.5) is 18.9 Å². The summed E-state index contributed by atoms with van der Waals surface area (Å²) in [5, 5.41) is 9.23. The van der Waals surface area contributed by atoms with Gasteiger partial charge in [-0.15, -0.1) is 0 Å². The summed E-state index contributed by atoms with van der Waals surface area (Å²) in [6, 6.07) is 10.8. The number of aliphatic carboxylic acids is 1. The minimum absolute atomic E-state index is 0.113. The Morgan fingerprint density at radius 3 is 2.21 bits per heavy atom. The number of carboxylic acids is 1. The fourth-order valence-electron chi connectivity index (χ4n) is 3.66. The first-order valence-electron chi connectivity index (χ1n) is 10.4. The monoisotopic (exact) mass is 484 g/mol. The Labute approximate surface area is 194 Å². The summed E-state index contributed by atoms with van der Waals surface area (Å²) in [6.45, 7) is 1.92. The molecular formula is C23H24ClF3N2O4. The Hall–Kier alpha value is -2.62. The van der Waals surface area contributed by atoms with Crippen molar-refractivity contribution in [3.8, 4) is 0 Å². The molecule has 1 amide bonds. The molecule has 0 saturated carbocycles. The van der Waals surface area contributed by atoms with Gasteiger partial charge in [-0.05, 0) is 61.4 Å². The Morgan fingerprint density at radius 1 is 1.06 bits per heavy atom. The fourth-order valence-corrected chi connectivity index (χ4v) is 3.78. The molecular weight excluding hydrogens is 461 g/mol. The number of halogens is 4. The van der Waals surface area contributed by atoms with Crippen LogP contribution in [0.3, 0.4) is 0 Å². The van der Waals surface area contributed by atoms with Gasteiger partial charge in [0, 0.05) is 42.5 Å². The molecule has 10 heteroatoms. The Bertz CT molecular complexity index is 944. The first-order chi connectivity index (χ1) is 15.6. The summed E-state index contributed by atoms with van der Waals surface area (Å²) in [6.07, 6.45) is -3.22. The maximum atomic E-state index is 13.2. The number of amides is 1. The largest absolute Gasteiger partial charge is 0.480 e. The van der Waals surface area contributed by atoms with Crippen LogP contribution < -0.4 is 4.90 Å². The average Bonchev–Trinajstić information content (AvgIpc) is 2.79. The lowest BCUT2D eigenvalue weighted by Gasteiger charge is -2.33. The molecule has 3 rings (SSSR count). The van der Waals surface area contributed by atoms with E-state index in [-0.39, 0.29) is 18.3 Å². The summed E-state index contributed by atoms with van der Waals surface area (Å²) in [4.78, 5) is 27.5. The molecule has 0 unspecified atom stereocenters. The van der Waals surface area contributed by atoms with Crippen molar-refractivity contribution in [2.75, 3.05) is 37.7 Å². The van der Waals surface area contributed by atoms with Gasteiger partial charge in [0.1, 0.15) is 6.61 Å². The molecule has 6 nitrogen and oxygen atoms in total. The van der Waals surface area contributed by atoms with Crippen LogP contribution in [0.2, 0.25) is 5.02 Å². The van der Waals surface area contributed by atoms with Crippen LogP contribution in [0, 0.1) is 0 Å². The minimum Gasteiger partial charge on any atom is -0.480 e. The van der Waals surface area contributed by atoms with Crippen LogP contribution >= 0.6 is 11.6 Å². The SMILES string of the molecule is O=C(O)COC1CCN(CCN(C(=O)c2ccc(C(F)(F)F)cc2)c2ccc(Cl)cc2)CC1. The predicted molar refractivity (Wildman–Crippen MR) is 118 cm³/mol. The molecule has 1 N–H and O–H groups in total. The van der Waals surface area contributed by atoms with Crippen LogP contribution in [0.15, 0.2) is 48.5 Å². The van der Waals surface area contributed by atoms with E-state index in [1.54, 1.807) is 24.3 Å². The maximum Gasteiger partial charge on any atom is 0.416 e. The second kappa shape index (κ2) is 11.0. The molecule has 1 aliphatic heterocycles. The molecule has 0 spiro atoms. The second-order valence-corrected chi connectivity index (χ2v) is 8.19. The standard InChI is InChI=1S/C23H24ClF3N2O4/c24-18-5-7-19(8-6-18)29(22(32)16-1-3-17(4-2-16)23(25,26)27)14-13-28-11-9-20(10-12-28)33-15-21(30)31/h1-8,20H,9-15H2,(H,30,31). The summed E-state index contributed by atoms with van der Waals surface area (Å²) in [7, 11) is 0. The van der Waals surface area contributed by atoms with Gasteiger partial charge in [0.05, 0.1) is 11.7 Å². The third-order valence-corrected chi connectivity index (χ3v) is 5.71. The number of nitrogens with zero attached hydrogens (tertiary/aromatic N) is 2. The van der Waals surface area contributed by atoms with Crippen molar-refractivity contribution in [1.82, 2.24) is 4.90 Å². The zero-order valence-corrected chi connectivity index (χ0v) is 18.5. The van der Waals surface area contributed by atoms with Gasteiger partial charge < -0.3 is 19.6 Å². The lowest BCUT2D eigenvalue weighted by molar-refractivity contribution is -0.145. The van der Waals surface area contributed by atoms with Gasteiger partial charge in [-0.1, -0.05) is 11.6 Å². The number of hydrogen-bond donors (Lipinski definition) is 1. The van der Waals surface area contributed by atoms with Gasteiger partial charge in [0.25, 0.3) is 5.91 Å². The highest BCUT2D eigenvalue weighted by Gasteiger charge is 2.30. The number of carbonyl (C=O) groups excluding carboxylic acids is 1. The first-order valence-corrected chi connectivity index (χ1v) is 10.8. The molecule has 0 aliphatic carbocycles. The fraction of sp³-hybridized carbons (Fsp3) is 0.391. The molecule has 1 saturated heterocycles. The van der Waals surface area contributed by atoms with Crippen molar-refractivity contribution in [2.45, 2.75) is 25.1 Å². The highest BCUT2D eigenvalue weighted by molar-refractivity contribution is 6.30. The van der Waals surface area contributed by atoms with Crippen molar-refractivity contribution >= 4 is 29.2 Å². The van der Waals surface area contributed by atoms with Gasteiger partial charge in [-0.2, -0.15) is 13.2 Å². The van der Waals surface area contributed by atoms with E-state index in [9.17, 15) is 22.8 Å². The molecule has 0 radical (unpaired) electrons. The van der Waals surface area contributed by atoms with E-state index in [0.717, 1.165) is 12.1 Å². The first kappa shape index (κ1) is 25.0. The number of hydrogen-bond acceptors (Lipinski definition) is 4. The van der Waals surface area contributed by atoms with Crippen LogP contribution in [-0.4, -0.2) is 60.8 Å². The highest BCUT2D eigenvalue weighted by Crippen LogP contribution is 2.29. The number of benzene rings is 2. The van der Waals surface area contributed by atoms with Gasteiger partial charge in [-0.3, -0.25) is 4.79 Å². The van der Waals surface area contributed by atoms with Crippen LogP contribution in [0.25, 0.3) is 0 Å². The van der Waals surface area contributed by atoms with Crippen molar-refractivity contribution in [3.05, 3.63) is 64.7 Å². The predicted octanol–water partition coefficient (Wildman–Crippen LogP) is 4.57. The van der Waals surface area contributed by atoms with Gasteiger partial charge >= 0.3 is 12.1 Å². The summed E-state index contributed by atoms with van der Waals surface area (Å²) >= 11 is 5.96. The van der Waals surface area contributed by atoms with E-state index in [0.29, 0.717) is 49.7 Å². The van der Waals surface area contributed by atoms with Gasteiger partial charge in [-0.25, -0.2) is 4.79 Å². The molecule has 1 fully saturated rings. The van der Waals surface area contributed by atoms with Crippen LogP contribution in [0.5, 0.6) is 0 Å². The quantitative estimate of drug-likeness (QED) is 0.594. The Balaban J connectivity index is 1.67. The normalized spacial score (nSPS) is 15.4. The van der Waals surface area contributed by atoms with E-state index in [1.165, 1.54) is 17.0 Å². The zero-order valence-electron chi connectivity index (χ0n) is 17.7. The smallest absolute Gasteiger partial charge is 0.416 e. The lowest BCUT2D eigenvalue weighted by atomic mass is 10.1. The number of anilines is 1. The van der Waals surface area contributed by atoms with Crippen LogP contribution in [-0.2, 0) is 15.7 Å². The number of ether oxygens (including phenoxy) is 1. The van der Waals surface area contributed by atoms with E-state index in [1.807, 2.05) is 0 Å². The second-order valence-electron chi connectivity index (χ2n) is 7.75. The number of carboxylic acid groups (broad SMARTS) is 1. The summed E-state index contributed by atoms with van der Waals surface area (Å²) < 4.78 is 44.0. The zero-order chi connectivity index (χ0) is 24.0. The van der Waals surface area contributed by atoms with E-state index < -0.39 is 23.6 Å². The molecule has 1 aliphatic rings. The molecule has 0 bridgehead atoms. The highest BCUT2D eigenvalue weighted by atomic mass is 35.5. The van der Waals surface area contributed by atoms with Crippen LogP contribution in [0.1, 0.15) is 28.8 Å². The molecule has 0 atom stereocenters. The number of rotatable bonds is 8. The van der Waals surface area contributed by atoms with E-state index in [2.05, 4.69) is 4.90 Å². The van der Waals surface area contributed by atoms with Gasteiger partial charge in [0.15, 0.2) is 0 Å². The summed E-state index contributed by atoms with van der Waals surface area (Å²) in [5.41, 5.74) is -0.0761. The van der Waals surface area contributed by atoms with Crippen molar-refractivity contribution in [1.29, 1.82) is 0 Å². The van der Waals surface area contributed by atoms with Crippen molar-refractivity contribution in [3.63, 3.8) is 0 Å². The van der Waals surface area contributed by atoms with E-state index in [4.69, 9.17) is 21.4 Å². The number of piperidine rings is 1. The van der Waals surface area contributed by atoms with Crippen molar-refractivity contribution in [2.24, 2.45) is 0 Å². The molecule has 0 aromatic heterocycles. The summed E-state index contributed by atoms with van der Waals surface area (Å²) in [5.74, 6) is -1.41. The molecule has 178 valence electrons. The lowest BCUT2D eigenvalue weighted by Crippen LogP contribution is -2.43. The topological polar surface area (TPSA) is 70.1 Å². The minimum atomic E-state index is -4.47. The third kappa shape index (κ3) is 7.18. The molecule has 2 aromatic carbocycles. The number of carbonyl (C=O) groups is 2. The molecule has 2 aromatic rings.